The molecule has 1 aromatic carbocycles. The van der Waals surface area contributed by atoms with Crippen LogP contribution in [-0.2, 0) is 0 Å². The molecule has 3 rings (SSSR count). The van der Waals surface area contributed by atoms with Crippen LogP contribution in [-0.4, -0.2) is 25.9 Å². The zero-order valence-electron chi connectivity index (χ0n) is 14.3. The average molecular weight is 335 g/mol. The SMILES string of the molecule is CC(C)(O)CCC#Cc1c(-c2ccc3[nH]nc(N)c3c2)ccnc1N. The number of rotatable bonds is 3. The largest absolute Gasteiger partial charge is 0.390 e. The summed E-state index contributed by atoms with van der Waals surface area (Å²) in [5, 5.41) is 17.5. The summed E-state index contributed by atoms with van der Waals surface area (Å²) in [6, 6.07) is 7.74. The Morgan fingerprint density at radius 2 is 2.00 bits per heavy atom. The molecule has 0 radical (unpaired) electrons. The highest BCUT2D eigenvalue weighted by Gasteiger charge is 2.12. The number of nitrogens with two attached hydrogens (primary N) is 2. The van der Waals surface area contributed by atoms with Crippen molar-refractivity contribution in [2.24, 2.45) is 0 Å². The monoisotopic (exact) mass is 335 g/mol. The first-order valence-corrected chi connectivity index (χ1v) is 8.05. The van der Waals surface area contributed by atoms with Gasteiger partial charge in [0.05, 0.1) is 16.7 Å². The molecule has 0 saturated heterocycles. The second kappa shape index (κ2) is 6.46. The van der Waals surface area contributed by atoms with Crippen molar-refractivity contribution < 1.29 is 5.11 Å². The van der Waals surface area contributed by atoms with Gasteiger partial charge >= 0.3 is 0 Å². The van der Waals surface area contributed by atoms with Crippen molar-refractivity contribution in [1.82, 2.24) is 15.2 Å². The third kappa shape index (κ3) is 3.73. The molecule has 0 aliphatic carbocycles. The van der Waals surface area contributed by atoms with Gasteiger partial charge in [-0.05, 0) is 44.0 Å². The molecule has 0 bridgehead atoms. The van der Waals surface area contributed by atoms with Crippen LogP contribution in [0.4, 0.5) is 11.6 Å². The minimum Gasteiger partial charge on any atom is -0.390 e. The number of pyridine rings is 1. The maximum atomic E-state index is 9.78. The van der Waals surface area contributed by atoms with Gasteiger partial charge in [0.25, 0.3) is 0 Å². The van der Waals surface area contributed by atoms with E-state index in [1.54, 1.807) is 20.0 Å². The molecule has 0 fully saturated rings. The van der Waals surface area contributed by atoms with Crippen molar-refractivity contribution in [3.63, 3.8) is 0 Å². The van der Waals surface area contributed by atoms with Crippen LogP contribution < -0.4 is 11.5 Å². The molecular formula is C19H21N5O. The summed E-state index contributed by atoms with van der Waals surface area (Å²) in [5.41, 5.74) is 14.6. The fourth-order valence-corrected chi connectivity index (χ4v) is 2.57. The van der Waals surface area contributed by atoms with Crippen LogP contribution >= 0.6 is 0 Å². The molecule has 6 N–H and O–H groups in total. The van der Waals surface area contributed by atoms with E-state index in [4.69, 9.17) is 11.5 Å². The van der Waals surface area contributed by atoms with Crippen LogP contribution in [0, 0.1) is 11.8 Å². The van der Waals surface area contributed by atoms with E-state index >= 15 is 0 Å². The zero-order chi connectivity index (χ0) is 18.0. The minimum atomic E-state index is -0.734. The summed E-state index contributed by atoms with van der Waals surface area (Å²) in [7, 11) is 0. The molecule has 0 aliphatic heterocycles. The van der Waals surface area contributed by atoms with Gasteiger partial charge in [0.2, 0.25) is 0 Å². The van der Waals surface area contributed by atoms with Crippen molar-refractivity contribution in [1.29, 1.82) is 0 Å². The highest BCUT2D eigenvalue weighted by molar-refractivity contribution is 5.93. The maximum absolute atomic E-state index is 9.78. The predicted octanol–water partition coefficient (Wildman–Crippen LogP) is 2.69. The van der Waals surface area contributed by atoms with Crippen molar-refractivity contribution in [2.75, 3.05) is 11.5 Å². The van der Waals surface area contributed by atoms with Gasteiger partial charge in [-0.15, -0.1) is 0 Å². The first kappa shape index (κ1) is 16.8. The van der Waals surface area contributed by atoms with Crippen molar-refractivity contribution in [2.45, 2.75) is 32.3 Å². The molecule has 0 aliphatic rings. The van der Waals surface area contributed by atoms with E-state index in [0.717, 1.165) is 22.0 Å². The van der Waals surface area contributed by atoms with E-state index in [1.807, 2.05) is 24.3 Å². The molecule has 0 unspecified atom stereocenters. The smallest absolute Gasteiger partial charge is 0.153 e. The number of fused-ring (bicyclic) bond motifs is 1. The maximum Gasteiger partial charge on any atom is 0.153 e. The fraction of sp³-hybridized carbons (Fsp3) is 0.263. The number of benzene rings is 1. The van der Waals surface area contributed by atoms with Crippen molar-refractivity contribution in [3.05, 3.63) is 36.0 Å². The summed E-state index contributed by atoms with van der Waals surface area (Å²) in [6.07, 6.45) is 2.83. The normalized spacial score (nSPS) is 11.3. The van der Waals surface area contributed by atoms with Crippen molar-refractivity contribution >= 4 is 22.5 Å². The fourth-order valence-electron chi connectivity index (χ4n) is 2.57. The van der Waals surface area contributed by atoms with Gasteiger partial charge in [-0.3, -0.25) is 5.10 Å². The first-order valence-electron chi connectivity index (χ1n) is 8.05. The molecule has 2 aromatic heterocycles. The predicted molar refractivity (Wildman–Crippen MR) is 101 cm³/mol. The van der Waals surface area contributed by atoms with Gasteiger partial charge in [0, 0.05) is 23.6 Å². The number of hydrogen-bond acceptors (Lipinski definition) is 5. The topological polar surface area (TPSA) is 114 Å². The number of H-pyrrole nitrogens is 1. The Hall–Kier alpha value is -3.04. The molecular weight excluding hydrogens is 314 g/mol. The van der Waals surface area contributed by atoms with Crippen LogP contribution in [0.2, 0.25) is 0 Å². The molecule has 3 aromatic rings. The zero-order valence-corrected chi connectivity index (χ0v) is 14.3. The Labute approximate surface area is 146 Å². The van der Waals surface area contributed by atoms with Gasteiger partial charge in [0.15, 0.2) is 5.82 Å². The number of aliphatic hydroxyl groups is 1. The molecule has 0 spiro atoms. The van der Waals surface area contributed by atoms with Gasteiger partial charge < -0.3 is 16.6 Å². The molecule has 128 valence electrons. The number of aromatic nitrogens is 3. The summed E-state index contributed by atoms with van der Waals surface area (Å²) < 4.78 is 0. The summed E-state index contributed by atoms with van der Waals surface area (Å²) in [4.78, 5) is 4.15. The number of hydrogen-bond donors (Lipinski definition) is 4. The van der Waals surface area contributed by atoms with Gasteiger partial charge in [0.1, 0.15) is 5.82 Å². The standard InChI is InChI=1S/C19H21N5O/c1-19(2,25)9-4-3-5-14-13(8-10-22-17(14)20)12-6-7-16-15(11-12)18(21)24-23-16/h6-8,10-11,25H,4,9H2,1-2H3,(H2,20,22)(H3,21,23,24). The molecule has 0 saturated carbocycles. The second-order valence-electron chi connectivity index (χ2n) is 6.60. The molecule has 6 nitrogen and oxygen atoms in total. The number of aromatic amines is 1. The van der Waals surface area contributed by atoms with Crippen LogP contribution in [0.15, 0.2) is 30.5 Å². The Bertz CT molecular complexity index is 973. The molecule has 6 heteroatoms. The Morgan fingerprint density at radius 1 is 1.20 bits per heavy atom. The van der Waals surface area contributed by atoms with Crippen LogP contribution in [0.1, 0.15) is 32.3 Å². The Morgan fingerprint density at radius 3 is 2.76 bits per heavy atom. The van der Waals surface area contributed by atoms with Crippen molar-refractivity contribution in [3.8, 4) is 23.0 Å². The second-order valence-corrected chi connectivity index (χ2v) is 6.60. The number of nitrogen functional groups attached to an aromatic ring is 2. The van der Waals surface area contributed by atoms with E-state index in [2.05, 4.69) is 27.0 Å². The Kier molecular flexibility index (Phi) is 4.34. The van der Waals surface area contributed by atoms with Crippen LogP contribution in [0.3, 0.4) is 0 Å². The lowest BCUT2D eigenvalue weighted by atomic mass is 9.99. The molecule has 0 atom stereocenters. The van der Waals surface area contributed by atoms with Crippen LogP contribution in [0.5, 0.6) is 0 Å². The Balaban J connectivity index is 2.00. The molecule has 2 heterocycles. The van der Waals surface area contributed by atoms with E-state index in [1.165, 1.54) is 0 Å². The van der Waals surface area contributed by atoms with E-state index in [-0.39, 0.29) is 0 Å². The lowest BCUT2D eigenvalue weighted by molar-refractivity contribution is 0.0727. The highest BCUT2D eigenvalue weighted by atomic mass is 16.3. The molecule has 25 heavy (non-hydrogen) atoms. The minimum absolute atomic E-state index is 0.383. The number of nitrogens with zero attached hydrogens (tertiary/aromatic N) is 2. The number of nitrogens with one attached hydrogen (secondary N) is 1. The van der Waals surface area contributed by atoms with E-state index in [9.17, 15) is 5.11 Å². The van der Waals surface area contributed by atoms with Gasteiger partial charge in [-0.1, -0.05) is 17.9 Å². The lowest BCUT2D eigenvalue weighted by Gasteiger charge is -2.14. The summed E-state index contributed by atoms with van der Waals surface area (Å²) in [6.45, 7) is 3.53. The quantitative estimate of drug-likeness (QED) is 0.550. The van der Waals surface area contributed by atoms with Gasteiger partial charge in [-0.25, -0.2) is 4.98 Å². The van der Waals surface area contributed by atoms with E-state index in [0.29, 0.717) is 30.0 Å². The highest BCUT2D eigenvalue weighted by Crippen LogP contribution is 2.30. The first-order chi connectivity index (χ1) is 11.8. The lowest BCUT2D eigenvalue weighted by Crippen LogP contribution is -2.17. The third-order valence-electron chi connectivity index (χ3n) is 3.96. The average Bonchev–Trinajstić information content (AvgIpc) is 2.92. The molecule has 0 amide bonds. The third-order valence-corrected chi connectivity index (χ3v) is 3.96. The number of anilines is 2. The van der Waals surface area contributed by atoms with Gasteiger partial charge in [-0.2, -0.15) is 5.10 Å². The van der Waals surface area contributed by atoms with E-state index < -0.39 is 5.60 Å². The van der Waals surface area contributed by atoms with Crippen LogP contribution in [0.25, 0.3) is 22.0 Å². The summed E-state index contributed by atoms with van der Waals surface area (Å²) >= 11 is 0. The summed E-state index contributed by atoms with van der Waals surface area (Å²) in [5.74, 6) is 7.02.